The molecule has 1 aliphatic heterocycles. The topological polar surface area (TPSA) is 15.6 Å². The van der Waals surface area contributed by atoms with Gasteiger partial charge in [-0.1, -0.05) is 0 Å². The van der Waals surface area contributed by atoms with Crippen LogP contribution in [-0.2, 0) is 0 Å². The minimum Gasteiger partial charge on any atom is -0.371 e. The fourth-order valence-electron chi connectivity index (χ4n) is 0.788. The first kappa shape index (κ1) is 6.33. The molecule has 0 aromatic heterocycles. The van der Waals surface area contributed by atoms with Crippen molar-refractivity contribution >= 4 is 5.71 Å². The van der Waals surface area contributed by atoms with Gasteiger partial charge in [0.1, 0.15) is 0 Å². The van der Waals surface area contributed by atoms with E-state index in [0.29, 0.717) is 6.04 Å². The van der Waals surface area contributed by atoms with E-state index in [2.05, 4.69) is 23.9 Å². The molecule has 0 spiro atoms. The smallest absolute Gasteiger partial charge is 0.0635 e. The van der Waals surface area contributed by atoms with Gasteiger partial charge >= 0.3 is 0 Å². The van der Waals surface area contributed by atoms with E-state index >= 15 is 0 Å². The molecule has 0 fully saturated rings. The van der Waals surface area contributed by atoms with Gasteiger partial charge in [0.05, 0.1) is 6.04 Å². The van der Waals surface area contributed by atoms with Gasteiger partial charge in [-0.25, -0.2) is 0 Å². The Morgan fingerprint density at radius 2 is 2.33 bits per heavy atom. The molecule has 1 aliphatic rings. The molecule has 50 valence electrons. The summed E-state index contributed by atoms with van der Waals surface area (Å²) in [5.41, 5.74) is 1.18. The number of rotatable bonds is 0. The van der Waals surface area contributed by atoms with Crippen LogP contribution in [-0.4, -0.2) is 23.7 Å². The molecule has 0 amide bonds. The molecule has 0 aliphatic carbocycles. The van der Waals surface area contributed by atoms with Gasteiger partial charge in [0.15, 0.2) is 0 Å². The van der Waals surface area contributed by atoms with E-state index in [-0.39, 0.29) is 0 Å². The minimum absolute atomic E-state index is 0.468. The van der Waals surface area contributed by atoms with E-state index in [0.717, 1.165) is 0 Å². The van der Waals surface area contributed by atoms with Crippen LogP contribution in [0.4, 0.5) is 0 Å². The van der Waals surface area contributed by atoms with E-state index in [1.54, 1.807) is 0 Å². The maximum atomic E-state index is 4.16. The van der Waals surface area contributed by atoms with Gasteiger partial charge in [-0.15, -0.1) is 0 Å². The van der Waals surface area contributed by atoms with Crippen molar-refractivity contribution in [2.75, 3.05) is 7.05 Å². The summed E-state index contributed by atoms with van der Waals surface area (Å²) in [7, 11) is 2.05. The first-order chi connectivity index (χ1) is 4.22. The zero-order chi connectivity index (χ0) is 6.85. The van der Waals surface area contributed by atoms with E-state index in [1.165, 1.54) is 5.71 Å². The zero-order valence-electron chi connectivity index (χ0n) is 6.13. The average Bonchev–Trinajstić information content (AvgIpc) is 1.83. The first-order valence-electron chi connectivity index (χ1n) is 3.14. The highest BCUT2D eigenvalue weighted by atomic mass is 15.1. The van der Waals surface area contributed by atoms with Crippen LogP contribution in [0.15, 0.2) is 17.4 Å². The molecule has 0 saturated carbocycles. The monoisotopic (exact) mass is 124 g/mol. The van der Waals surface area contributed by atoms with Crippen LogP contribution in [0.3, 0.4) is 0 Å². The van der Waals surface area contributed by atoms with Crippen molar-refractivity contribution in [3.8, 4) is 0 Å². The maximum absolute atomic E-state index is 4.16. The highest BCUT2D eigenvalue weighted by molar-refractivity contribution is 5.88. The van der Waals surface area contributed by atoms with Crippen molar-refractivity contribution in [3.05, 3.63) is 12.4 Å². The highest BCUT2D eigenvalue weighted by Crippen LogP contribution is 2.04. The van der Waals surface area contributed by atoms with Crippen molar-refractivity contribution in [2.45, 2.75) is 19.9 Å². The van der Waals surface area contributed by atoms with Crippen LogP contribution >= 0.6 is 0 Å². The lowest BCUT2D eigenvalue weighted by Crippen LogP contribution is -2.32. The molecule has 9 heavy (non-hydrogen) atoms. The summed E-state index contributed by atoms with van der Waals surface area (Å²) in [5.74, 6) is 0. The lowest BCUT2D eigenvalue weighted by Gasteiger charge is -2.24. The van der Waals surface area contributed by atoms with Crippen molar-refractivity contribution in [1.82, 2.24) is 4.90 Å². The van der Waals surface area contributed by atoms with Gasteiger partial charge in [-0.2, -0.15) is 0 Å². The van der Waals surface area contributed by atoms with Crippen LogP contribution in [0.5, 0.6) is 0 Å². The van der Waals surface area contributed by atoms with Gasteiger partial charge in [-0.3, -0.25) is 4.99 Å². The SMILES string of the molecule is CC1=NC=CN(C)C1C. The summed E-state index contributed by atoms with van der Waals surface area (Å²) in [6, 6.07) is 0.468. The lowest BCUT2D eigenvalue weighted by atomic mass is 10.2. The summed E-state index contributed by atoms with van der Waals surface area (Å²) in [6.45, 7) is 4.19. The second-order valence-corrected chi connectivity index (χ2v) is 2.41. The molecule has 0 radical (unpaired) electrons. The van der Waals surface area contributed by atoms with Crippen molar-refractivity contribution < 1.29 is 0 Å². The van der Waals surface area contributed by atoms with E-state index in [4.69, 9.17) is 0 Å². The average molecular weight is 124 g/mol. The van der Waals surface area contributed by atoms with Crippen LogP contribution in [0.25, 0.3) is 0 Å². The highest BCUT2D eigenvalue weighted by Gasteiger charge is 2.10. The van der Waals surface area contributed by atoms with Crippen LogP contribution < -0.4 is 0 Å². The molecule has 0 aromatic rings. The Morgan fingerprint density at radius 1 is 1.67 bits per heavy atom. The molecule has 1 heterocycles. The fraction of sp³-hybridized carbons (Fsp3) is 0.571. The van der Waals surface area contributed by atoms with Crippen LogP contribution in [0, 0.1) is 0 Å². The molecular formula is C7H12N2. The Kier molecular flexibility index (Phi) is 1.56. The molecule has 0 saturated heterocycles. The largest absolute Gasteiger partial charge is 0.371 e. The number of hydrogen-bond acceptors (Lipinski definition) is 2. The van der Waals surface area contributed by atoms with Gasteiger partial charge in [-0.05, 0) is 13.8 Å². The van der Waals surface area contributed by atoms with Crippen LogP contribution in [0.1, 0.15) is 13.8 Å². The van der Waals surface area contributed by atoms with Gasteiger partial charge < -0.3 is 4.90 Å². The Morgan fingerprint density at radius 3 is 2.78 bits per heavy atom. The molecule has 0 bridgehead atoms. The van der Waals surface area contributed by atoms with Crippen molar-refractivity contribution in [1.29, 1.82) is 0 Å². The number of nitrogens with zero attached hydrogens (tertiary/aromatic N) is 2. The maximum Gasteiger partial charge on any atom is 0.0635 e. The third-order valence-electron chi connectivity index (χ3n) is 1.80. The van der Waals surface area contributed by atoms with Crippen molar-refractivity contribution in [2.24, 2.45) is 4.99 Å². The Hall–Kier alpha value is -0.790. The fourth-order valence-corrected chi connectivity index (χ4v) is 0.788. The van der Waals surface area contributed by atoms with E-state index in [9.17, 15) is 0 Å². The first-order valence-corrected chi connectivity index (χ1v) is 3.14. The quantitative estimate of drug-likeness (QED) is 0.474. The molecule has 1 atom stereocenters. The van der Waals surface area contributed by atoms with E-state index < -0.39 is 0 Å². The summed E-state index contributed by atoms with van der Waals surface area (Å²) >= 11 is 0. The normalized spacial score (nSPS) is 26.3. The molecule has 0 aromatic carbocycles. The number of hydrogen-bond donors (Lipinski definition) is 0. The standard InChI is InChI=1S/C7H12N2/c1-6-7(2)9(3)5-4-8-6/h4-5,7H,1-3H3. The zero-order valence-corrected chi connectivity index (χ0v) is 6.13. The van der Waals surface area contributed by atoms with Gasteiger partial charge in [0, 0.05) is 25.2 Å². The van der Waals surface area contributed by atoms with Crippen LogP contribution in [0.2, 0.25) is 0 Å². The van der Waals surface area contributed by atoms with Gasteiger partial charge in [0.25, 0.3) is 0 Å². The Balaban J connectivity index is 2.73. The molecule has 1 rings (SSSR count). The Labute approximate surface area is 55.9 Å². The third-order valence-corrected chi connectivity index (χ3v) is 1.80. The summed E-state index contributed by atoms with van der Waals surface area (Å²) < 4.78 is 0. The second-order valence-electron chi connectivity index (χ2n) is 2.41. The van der Waals surface area contributed by atoms with E-state index in [1.807, 2.05) is 19.3 Å². The summed E-state index contributed by atoms with van der Waals surface area (Å²) in [6.07, 6.45) is 3.81. The molecule has 1 unspecified atom stereocenters. The summed E-state index contributed by atoms with van der Waals surface area (Å²) in [5, 5.41) is 0. The predicted molar refractivity (Wildman–Crippen MR) is 39.5 cm³/mol. The van der Waals surface area contributed by atoms with Crippen molar-refractivity contribution in [3.63, 3.8) is 0 Å². The Bertz CT molecular complexity index is 158. The third kappa shape index (κ3) is 1.12. The molecule has 0 N–H and O–H groups in total. The molecular weight excluding hydrogens is 112 g/mol. The predicted octanol–water partition coefficient (Wildman–Crippen LogP) is 1.25. The number of aliphatic imine (C=N–C) groups is 1. The molecule has 2 nitrogen and oxygen atoms in total. The molecule has 2 heteroatoms. The lowest BCUT2D eigenvalue weighted by molar-refractivity contribution is 0.419. The summed E-state index contributed by atoms with van der Waals surface area (Å²) in [4.78, 5) is 6.30. The second kappa shape index (κ2) is 2.21. The van der Waals surface area contributed by atoms with Gasteiger partial charge in [0.2, 0.25) is 0 Å². The minimum atomic E-state index is 0.468.